The lowest BCUT2D eigenvalue weighted by molar-refractivity contribution is 0.340. The van der Waals surface area contributed by atoms with Crippen LogP contribution in [0.2, 0.25) is 0 Å². The maximum Gasteiger partial charge on any atom is 0.160 e. The fraction of sp³-hybridized carbons (Fsp3) is 0.600. The zero-order valence-electron chi connectivity index (χ0n) is 12.0. The Kier molecular flexibility index (Phi) is 3.27. The van der Waals surface area contributed by atoms with E-state index in [4.69, 9.17) is 4.98 Å². The fourth-order valence-electron chi connectivity index (χ4n) is 3.02. The molecule has 0 aromatic carbocycles. The molecule has 1 unspecified atom stereocenters. The summed E-state index contributed by atoms with van der Waals surface area (Å²) >= 11 is 0. The van der Waals surface area contributed by atoms with Crippen molar-refractivity contribution in [3.63, 3.8) is 0 Å². The Labute approximate surface area is 114 Å². The lowest BCUT2D eigenvalue weighted by atomic mass is 10.2. The van der Waals surface area contributed by atoms with E-state index in [9.17, 15) is 0 Å². The van der Waals surface area contributed by atoms with Crippen molar-refractivity contribution in [3.8, 4) is 0 Å². The molecular weight excluding hydrogens is 236 g/mol. The highest BCUT2D eigenvalue weighted by Crippen LogP contribution is 2.29. The Bertz CT molecular complexity index is 573. The van der Waals surface area contributed by atoms with Crippen LogP contribution in [0.15, 0.2) is 18.3 Å². The predicted molar refractivity (Wildman–Crippen MR) is 77.4 cm³/mol. The maximum absolute atomic E-state index is 4.79. The highest BCUT2D eigenvalue weighted by molar-refractivity contribution is 5.71. The van der Waals surface area contributed by atoms with Gasteiger partial charge in [0.2, 0.25) is 0 Å². The molecule has 102 valence electrons. The second kappa shape index (κ2) is 4.93. The minimum absolute atomic E-state index is 0.435. The van der Waals surface area contributed by atoms with Gasteiger partial charge in [-0.1, -0.05) is 20.8 Å². The number of likely N-dealkylation sites (tertiary alicyclic amines) is 1. The van der Waals surface area contributed by atoms with Gasteiger partial charge in [-0.2, -0.15) is 0 Å². The van der Waals surface area contributed by atoms with Gasteiger partial charge in [0.15, 0.2) is 5.65 Å². The first-order valence-electron chi connectivity index (χ1n) is 7.26. The summed E-state index contributed by atoms with van der Waals surface area (Å²) in [4.78, 5) is 11.9. The van der Waals surface area contributed by atoms with Crippen molar-refractivity contribution in [1.29, 1.82) is 0 Å². The van der Waals surface area contributed by atoms with Gasteiger partial charge >= 0.3 is 0 Å². The fourth-order valence-corrected chi connectivity index (χ4v) is 3.02. The smallest absolute Gasteiger partial charge is 0.160 e. The summed E-state index contributed by atoms with van der Waals surface area (Å²) < 4.78 is 2.38. The zero-order chi connectivity index (χ0) is 13.4. The van der Waals surface area contributed by atoms with Crippen molar-refractivity contribution in [2.75, 3.05) is 19.6 Å². The molecule has 0 bridgehead atoms. The van der Waals surface area contributed by atoms with E-state index in [1.54, 1.807) is 0 Å². The monoisotopic (exact) mass is 258 g/mol. The van der Waals surface area contributed by atoms with Gasteiger partial charge < -0.3 is 9.47 Å². The van der Waals surface area contributed by atoms with Gasteiger partial charge in [0.25, 0.3) is 0 Å². The molecule has 0 saturated carbocycles. The molecule has 1 aliphatic rings. The summed E-state index contributed by atoms with van der Waals surface area (Å²) in [6.07, 6.45) is 3.08. The molecule has 4 heteroatoms. The highest BCUT2D eigenvalue weighted by atomic mass is 15.2. The molecule has 19 heavy (non-hydrogen) atoms. The topological polar surface area (TPSA) is 34.0 Å². The van der Waals surface area contributed by atoms with Crippen LogP contribution in [0.4, 0.5) is 0 Å². The minimum atomic E-state index is 0.435. The molecule has 3 heterocycles. The Morgan fingerprint density at radius 1 is 1.42 bits per heavy atom. The van der Waals surface area contributed by atoms with E-state index in [2.05, 4.69) is 41.3 Å². The molecule has 4 nitrogen and oxygen atoms in total. The molecule has 3 rings (SSSR count). The van der Waals surface area contributed by atoms with E-state index in [0.29, 0.717) is 12.0 Å². The molecule has 2 aromatic heterocycles. The number of pyridine rings is 1. The van der Waals surface area contributed by atoms with Gasteiger partial charge in [-0.15, -0.1) is 0 Å². The van der Waals surface area contributed by atoms with Crippen LogP contribution in [-0.4, -0.2) is 39.1 Å². The number of aromatic nitrogens is 3. The summed E-state index contributed by atoms with van der Waals surface area (Å²) in [5, 5.41) is 0. The summed E-state index contributed by atoms with van der Waals surface area (Å²) in [6.45, 7) is 10.1. The van der Waals surface area contributed by atoms with E-state index >= 15 is 0 Å². The Morgan fingerprint density at radius 2 is 2.26 bits per heavy atom. The first-order chi connectivity index (χ1) is 9.20. The van der Waals surface area contributed by atoms with Crippen LogP contribution in [0, 0.1) is 0 Å². The van der Waals surface area contributed by atoms with E-state index in [1.807, 2.05) is 12.3 Å². The zero-order valence-corrected chi connectivity index (χ0v) is 12.0. The summed E-state index contributed by atoms with van der Waals surface area (Å²) in [6, 6.07) is 4.56. The lowest BCUT2D eigenvalue weighted by Crippen LogP contribution is -2.22. The second-order valence-corrected chi connectivity index (χ2v) is 5.68. The standard InChI is InChI=1S/C15H22N4/c1-4-18-9-7-12(10-18)19-14(11(2)3)17-13-6-5-8-16-15(13)19/h5-6,8,11-12H,4,7,9-10H2,1-3H3. The van der Waals surface area contributed by atoms with Crippen LogP contribution in [-0.2, 0) is 0 Å². The normalized spacial score (nSPS) is 20.7. The summed E-state index contributed by atoms with van der Waals surface area (Å²) in [5.74, 6) is 1.61. The molecule has 0 radical (unpaired) electrons. The number of hydrogen-bond donors (Lipinski definition) is 0. The third kappa shape index (κ3) is 2.14. The molecular formula is C15H22N4. The first kappa shape index (κ1) is 12.6. The quantitative estimate of drug-likeness (QED) is 0.849. The molecule has 0 amide bonds. The molecule has 0 aliphatic carbocycles. The number of rotatable bonds is 3. The molecule has 2 aromatic rings. The predicted octanol–water partition coefficient (Wildman–Crippen LogP) is 2.82. The molecule has 1 saturated heterocycles. The van der Waals surface area contributed by atoms with Crippen LogP contribution in [0.3, 0.4) is 0 Å². The Balaban J connectivity index is 2.08. The Morgan fingerprint density at radius 3 is 2.95 bits per heavy atom. The SMILES string of the molecule is CCN1CCC(n2c(C(C)C)nc3cccnc32)C1. The number of nitrogens with zero attached hydrogens (tertiary/aromatic N) is 4. The van der Waals surface area contributed by atoms with Crippen LogP contribution in [0.25, 0.3) is 11.2 Å². The maximum atomic E-state index is 4.79. The van der Waals surface area contributed by atoms with Crippen molar-refractivity contribution in [1.82, 2.24) is 19.4 Å². The van der Waals surface area contributed by atoms with Crippen molar-refractivity contribution < 1.29 is 0 Å². The van der Waals surface area contributed by atoms with Gasteiger partial charge in [-0.05, 0) is 25.1 Å². The molecule has 1 aliphatic heterocycles. The van der Waals surface area contributed by atoms with Crippen molar-refractivity contribution in [2.24, 2.45) is 0 Å². The van der Waals surface area contributed by atoms with Gasteiger partial charge in [-0.3, -0.25) is 0 Å². The van der Waals surface area contributed by atoms with E-state index < -0.39 is 0 Å². The molecule has 1 atom stereocenters. The average Bonchev–Trinajstić information content (AvgIpc) is 3.02. The molecule has 1 fully saturated rings. The van der Waals surface area contributed by atoms with Crippen molar-refractivity contribution in [2.45, 2.75) is 39.2 Å². The van der Waals surface area contributed by atoms with Gasteiger partial charge in [0, 0.05) is 25.2 Å². The third-order valence-corrected chi connectivity index (χ3v) is 4.05. The van der Waals surface area contributed by atoms with Crippen LogP contribution >= 0.6 is 0 Å². The van der Waals surface area contributed by atoms with Gasteiger partial charge in [-0.25, -0.2) is 9.97 Å². The van der Waals surface area contributed by atoms with Gasteiger partial charge in [0.05, 0.1) is 6.04 Å². The Hall–Kier alpha value is -1.42. The number of fused-ring (bicyclic) bond motifs is 1. The molecule has 0 spiro atoms. The van der Waals surface area contributed by atoms with Crippen LogP contribution < -0.4 is 0 Å². The highest BCUT2D eigenvalue weighted by Gasteiger charge is 2.27. The number of hydrogen-bond acceptors (Lipinski definition) is 3. The van der Waals surface area contributed by atoms with E-state index in [-0.39, 0.29) is 0 Å². The minimum Gasteiger partial charge on any atom is -0.308 e. The van der Waals surface area contributed by atoms with E-state index in [1.165, 1.54) is 18.8 Å². The van der Waals surface area contributed by atoms with E-state index in [0.717, 1.165) is 24.3 Å². The van der Waals surface area contributed by atoms with Crippen molar-refractivity contribution >= 4 is 11.2 Å². The number of likely N-dealkylation sites (N-methyl/N-ethyl adjacent to an activating group) is 1. The average molecular weight is 258 g/mol. The second-order valence-electron chi connectivity index (χ2n) is 5.68. The third-order valence-electron chi connectivity index (χ3n) is 4.05. The largest absolute Gasteiger partial charge is 0.308 e. The first-order valence-corrected chi connectivity index (χ1v) is 7.26. The van der Waals surface area contributed by atoms with Gasteiger partial charge in [0.1, 0.15) is 11.3 Å². The summed E-state index contributed by atoms with van der Waals surface area (Å²) in [5.41, 5.74) is 2.08. The van der Waals surface area contributed by atoms with Crippen molar-refractivity contribution in [3.05, 3.63) is 24.2 Å². The summed E-state index contributed by atoms with van der Waals surface area (Å²) in [7, 11) is 0. The molecule has 0 N–H and O–H groups in total. The number of imidazole rings is 1. The van der Waals surface area contributed by atoms with Crippen LogP contribution in [0.5, 0.6) is 0 Å². The lowest BCUT2D eigenvalue weighted by Gasteiger charge is -2.18. The van der Waals surface area contributed by atoms with Crippen LogP contribution in [0.1, 0.15) is 45.0 Å².